The van der Waals surface area contributed by atoms with E-state index >= 15 is 0 Å². The van der Waals surface area contributed by atoms with E-state index in [-0.39, 0.29) is 17.3 Å². The van der Waals surface area contributed by atoms with Gasteiger partial charge in [-0.05, 0) is 48.0 Å². The molecule has 138 valence electrons. The van der Waals surface area contributed by atoms with E-state index in [0.717, 1.165) is 16.9 Å². The lowest BCUT2D eigenvalue weighted by atomic mass is 10.1. The average Bonchev–Trinajstić information content (AvgIpc) is 3.19. The van der Waals surface area contributed by atoms with E-state index in [0.29, 0.717) is 12.1 Å². The van der Waals surface area contributed by atoms with Gasteiger partial charge in [0.15, 0.2) is 17.3 Å². The fourth-order valence-electron chi connectivity index (χ4n) is 2.69. The molecule has 3 rings (SSSR count). The summed E-state index contributed by atoms with van der Waals surface area (Å²) < 4.78 is 12.3. The van der Waals surface area contributed by atoms with Crippen LogP contribution in [-0.4, -0.2) is 34.9 Å². The summed E-state index contributed by atoms with van der Waals surface area (Å²) in [7, 11) is 3.07. The van der Waals surface area contributed by atoms with Crippen LogP contribution in [0, 0.1) is 0 Å². The highest BCUT2D eigenvalue weighted by Gasteiger charge is 2.08. The van der Waals surface area contributed by atoms with Crippen LogP contribution in [0.1, 0.15) is 21.5 Å². The first-order valence-corrected chi connectivity index (χ1v) is 8.34. The summed E-state index contributed by atoms with van der Waals surface area (Å²) in [6.45, 7) is 0.570. The zero-order chi connectivity index (χ0) is 19.2. The molecule has 0 aliphatic heterocycles. The lowest BCUT2D eigenvalue weighted by Crippen LogP contribution is -2.02. The van der Waals surface area contributed by atoms with Crippen LogP contribution in [0.5, 0.6) is 17.2 Å². The van der Waals surface area contributed by atoms with E-state index in [2.05, 4.69) is 5.10 Å². The summed E-state index contributed by atoms with van der Waals surface area (Å²) in [4.78, 5) is 12.4. The number of nitrogens with zero attached hydrogens (tertiary/aromatic N) is 2. The summed E-state index contributed by atoms with van der Waals surface area (Å²) in [5.74, 6) is 0.839. The summed E-state index contributed by atoms with van der Waals surface area (Å²) >= 11 is 0. The van der Waals surface area contributed by atoms with Crippen LogP contribution < -0.4 is 9.47 Å². The fourth-order valence-corrected chi connectivity index (χ4v) is 2.69. The molecule has 1 N–H and O–H groups in total. The number of hydrogen-bond acceptors (Lipinski definition) is 5. The second-order valence-electron chi connectivity index (χ2n) is 5.86. The van der Waals surface area contributed by atoms with Gasteiger partial charge in [-0.15, -0.1) is 0 Å². The van der Waals surface area contributed by atoms with Crippen molar-refractivity contribution in [3.05, 3.63) is 77.6 Å². The van der Waals surface area contributed by atoms with E-state index in [1.165, 1.54) is 25.3 Å². The van der Waals surface area contributed by atoms with Crippen molar-refractivity contribution in [3.8, 4) is 17.2 Å². The average molecular weight is 364 g/mol. The molecule has 3 aromatic rings. The monoisotopic (exact) mass is 364 g/mol. The molecule has 6 heteroatoms. The highest BCUT2D eigenvalue weighted by molar-refractivity contribution is 6.07. The molecule has 0 saturated heterocycles. The van der Waals surface area contributed by atoms with Gasteiger partial charge in [0.1, 0.15) is 5.75 Å². The zero-order valence-corrected chi connectivity index (χ0v) is 15.1. The minimum absolute atomic E-state index is 0.00329. The number of aromatic hydroxyl groups is 1. The third kappa shape index (κ3) is 4.36. The van der Waals surface area contributed by atoms with Crippen molar-refractivity contribution in [3.63, 3.8) is 0 Å². The Bertz CT molecular complexity index is 962. The number of phenolic OH excluding ortho intramolecular Hbond substituents is 1. The van der Waals surface area contributed by atoms with Gasteiger partial charge in [0, 0.05) is 23.5 Å². The van der Waals surface area contributed by atoms with E-state index in [4.69, 9.17) is 9.47 Å². The van der Waals surface area contributed by atoms with Crippen LogP contribution in [0.25, 0.3) is 6.08 Å². The van der Waals surface area contributed by atoms with Crippen molar-refractivity contribution in [1.29, 1.82) is 0 Å². The molecule has 1 aromatic heterocycles. The molecule has 0 saturated carbocycles. The molecule has 1 heterocycles. The molecule has 0 radical (unpaired) electrons. The van der Waals surface area contributed by atoms with Gasteiger partial charge in [-0.25, -0.2) is 0 Å². The van der Waals surface area contributed by atoms with Gasteiger partial charge >= 0.3 is 0 Å². The molecule has 2 aromatic carbocycles. The number of aromatic nitrogens is 2. The normalized spacial score (nSPS) is 10.9. The molecule has 0 aliphatic carbocycles. The van der Waals surface area contributed by atoms with Crippen molar-refractivity contribution in [1.82, 2.24) is 9.78 Å². The maximum absolute atomic E-state index is 12.4. The van der Waals surface area contributed by atoms with Crippen LogP contribution in [-0.2, 0) is 6.54 Å². The maximum Gasteiger partial charge on any atom is 0.185 e. The Hall–Kier alpha value is -3.54. The van der Waals surface area contributed by atoms with Gasteiger partial charge in [0.05, 0.1) is 20.8 Å². The molecule has 0 atom stereocenters. The second-order valence-corrected chi connectivity index (χ2v) is 5.86. The Kier molecular flexibility index (Phi) is 5.56. The Morgan fingerprint density at radius 3 is 2.67 bits per heavy atom. The summed E-state index contributed by atoms with van der Waals surface area (Å²) in [6.07, 6.45) is 6.84. The van der Waals surface area contributed by atoms with Crippen molar-refractivity contribution in [2.75, 3.05) is 14.2 Å². The molecule has 0 spiro atoms. The van der Waals surface area contributed by atoms with Crippen molar-refractivity contribution in [2.45, 2.75) is 6.54 Å². The maximum atomic E-state index is 12.4. The Balaban J connectivity index is 1.81. The molecule has 0 aliphatic rings. The zero-order valence-electron chi connectivity index (χ0n) is 15.1. The fraction of sp³-hybridized carbons (Fsp3) is 0.143. The van der Waals surface area contributed by atoms with E-state index < -0.39 is 0 Å². The lowest BCUT2D eigenvalue weighted by molar-refractivity contribution is 0.104. The molecule has 6 nitrogen and oxygen atoms in total. The van der Waals surface area contributed by atoms with Crippen molar-refractivity contribution >= 4 is 11.9 Å². The third-order valence-corrected chi connectivity index (χ3v) is 4.09. The van der Waals surface area contributed by atoms with Crippen LogP contribution >= 0.6 is 0 Å². The first-order valence-electron chi connectivity index (χ1n) is 8.34. The number of carbonyl (C=O) groups is 1. The first-order chi connectivity index (χ1) is 13.1. The van der Waals surface area contributed by atoms with Gasteiger partial charge in [-0.3, -0.25) is 9.48 Å². The largest absolute Gasteiger partial charge is 0.504 e. The second kappa shape index (κ2) is 8.23. The smallest absolute Gasteiger partial charge is 0.185 e. The third-order valence-electron chi connectivity index (χ3n) is 4.09. The van der Waals surface area contributed by atoms with E-state index in [9.17, 15) is 9.90 Å². The van der Waals surface area contributed by atoms with Gasteiger partial charge in [-0.2, -0.15) is 5.10 Å². The van der Waals surface area contributed by atoms with Gasteiger partial charge < -0.3 is 14.6 Å². The van der Waals surface area contributed by atoms with Crippen molar-refractivity contribution < 1.29 is 19.4 Å². The Morgan fingerprint density at radius 2 is 1.96 bits per heavy atom. The molecular weight excluding hydrogens is 344 g/mol. The van der Waals surface area contributed by atoms with E-state index in [1.54, 1.807) is 30.1 Å². The standard InChI is InChI=1S/C21H20N2O4/c1-26-20-9-5-15(12-17(20)14-23-11-3-10-22-23)4-7-18(24)16-6-8-19(25)21(13-16)27-2/h3-13,25H,14H2,1-2H3/b7-4+. The number of benzene rings is 2. The Morgan fingerprint density at radius 1 is 1.15 bits per heavy atom. The highest BCUT2D eigenvalue weighted by Crippen LogP contribution is 2.27. The predicted molar refractivity (Wildman–Crippen MR) is 102 cm³/mol. The number of allylic oxidation sites excluding steroid dienone is 1. The Labute approximate surface area is 157 Å². The van der Waals surface area contributed by atoms with Crippen LogP contribution in [0.2, 0.25) is 0 Å². The minimum Gasteiger partial charge on any atom is -0.504 e. The molecule has 27 heavy (non-hydrogen) atoms. The number of ether oxygens (including phenoxy) is 2. The number of methoxy groups -OCH3 is 2. The van der Waals surface area contributed by atoms with Gasteiger partial charge in [0.2, 0.25) is 0 Å². The molecule has 0 fully saturated rings. The number of hydrogen-bond donors (Lipinski definition) is 1. The predicted octanol–water partition coefficient (Wildman–Crippen LogP) is 3.55. The minimum atomic E-state index is -0.183. The first kappa shape index (κ1) is 18.3. The summed E-state index contributed by atoms with van der Waals surface area (Å²) in [6, 6.07) is 12.1. The van der Waals surface area contributed by atoms with Gasteiger partial charge in [-0.1, -0.05) is 12.1 Å². The molecule has 0 amide bonds. The van der Waals surface area contributed by atoms with Crippen molar-refractivity contribution in [2.24, 2.45) is 0 Å². The molecular formula is C21H20N2O4. The van der Waals surface area contributed by atoms with Crippen LogP contribution in [0.4, 0.5) is 0 Å². The summed E-state index contributed by atoms with van der Waals surface area (Å²) in [5, 5.41) is 13.8. The number of ketones is 1. The van der Waals surface area contributed by atoms with Crippen LogP contribution in [0.15, 0.2) is 60.9 Å². The lowest BCUT2D eigenvalue weighted by Gasteiger charge is -2.10. The molecule has 0 unspecified atom stereocenters. The SMILES string of the molecule is COc1cc(C(=O)/C=C/c2ccc(OC)c(Cn3cccn3)c2)ccc1O. The van der Waals surface area contributed by atoms with E-state index in [1.807, 2.05) is 30.5 Å². The highest BCUT2D eigenvalue weighted by atomic mass is 16.5. The molecule has 0 bridgehead atoms. The number of phenols is 1. The number of carbonyl (C=O) groups excluding carboxylic acids is 1. The summed E-state index contributed by atoms with van der Waals surface area (Å²) in [5.41, 5.74) is 2.27. The topological polar surface area (TPSA) is 73.6 Å². The quantitative estimate of drug-likeness (QED) is 0.513. The van der Waals surface area contributed by atoms with Gasteiger partial charge in [0.25, 0.3) is 0 Å². The van der Waals surface area contributed by atoms with Crippen LogP contribution in [0.3, 0.4) is 0 Å². The number of rotatable bonds is 7.